The molecule has 2 rings (SSSR count). The lowest BCUT2D eigenvalue weighted by molar-refractivity contribution is 0.174. The molecule has 4 heteroatoms. The van der Waals surface area contributed by atoms with Crippen molar-refractivity contribution in [2.75, 3.05) is 27.1 Å². The first-order valence-corrected chi connectivity index (χ1v) is 5.07. The number of rotatable bonds is 4. The lowest BCUT2D eigenvalue weighted by atomic mass is 10.1. The summed E-state index contributed by atoms with van der Waals surface area (Å²) in [5.74, 6) is 1.69. The highest BCUT2D eigenvalue weighted by Crippen LogP contribution is 2.32. The maximum Gasteiger partial charge on any atom is 0.231 e. The van der Waals surface area contributed by atoms with Gasteiger partial charge in [0.1, 0.15) is 0 Å². The fraction of sp³-hybridized carbons (Fsp3) is 0.455. The maximum atomic E-state index is 5.51. The molecular formula is C11H16N2O2. The zero-order valence-corrected chi connectivity index (χ0v) is 8.90. The van der Waals surface area contributed by atoms with Gasteiger partial charge in [-0.15, -0.1) is 0 Å². The smallest absolute Gasteiger partial charge is 0.231 e. The topological polar surface area (TPSA) is 47.7 Å². The van der Waals surface area contributed by atoms with Crippen molar-refractivity contribution in [1.29, 1.82) is 0 Å². The molecule has 2 N–H and O–H groups in total. The highest BCUT2D eigenvalue weighted by atomic mass is 16.7. The van der Waals surface area contributed by atoms with Crippen LogP contribution < -0.4 is 15.2 Å². The van der Waals surface area contributed by atoms with E-state index in [0.717, 1.165) is 24.5 Å². The number of nitrogens with two attached hydrogens (primary N) is 1. The molecule has 0 aliphatic carbocycles. The Bertz CT molecular complexity index is 341. The van der Waals surface area contributed by atoms with E-state index in [2.05, 4.69) is 11.0 Å². The SMILES string of the molecule is CN(CN)CCc1ccc2c(c1)OCO2. The predicted molar refractivity (Wildman–Crippen MR) is 58.0 cm³/mol. The number of benzene rings is 1. The van der Waals surface area contributed by atoms with Gasteiger partial charge in [0.25, 0.3) is 0 Å². The summed E-state index contributed by atoms with van der Waals surface area (Å²) in [6.07, 6.45) is 0.977. The molecule has 1 aliphatic rings. The van der Waals surface area contributed by atoms with Crippen LogP contribution in [0.4, 0.5) is 0 Å². The second kappa shape index (κ2) is 4.51. The van der Waals surface area contributed by atoms with E-state index in [1.807, 2.05) is 19.2 Å². The van der Waals surface area contributed by atoms with Crippen LogP contribution in [0.25, 0.3) is 0 Å². The minimum atomic E-state index is 0.335. The van der Waals surface area contributed by atoms with Gasteiger partial charge in [-0.1, -0.05) is 6.07 Å². The Labute approximate surface area is 89.6 Å². The second-order valence-electron chi connectivity index (χ2n) is 3.70. The highest BCUT2D eigenvalue weighted by Gasteiger charge is 2.12. The minimum absolute atomic E-state index is 0.335. The van der Waals surface area contributed by atoms with Crippen molar-refractivity contribution in [1.82, 2.24) is 4.90 Å². The molecule has 15 heavy (non-hydrogen) atoms. The lowest BCUT2D eigenvalue weighted by Crippen LogP contribution is -2.27. The molecule has 0 fully saturated rings. The summed E-state index contributed by atoms with van der Waals surface area (Å²) < 4.78 is 10.6. The largest absolute Gasteiger partial charge is 0.454 e. The number of hydrogen-bond acceptors (Lipinski definition) is 4. The first-order chi connectivity index (χ1) is 7.29. The zero-order chi connectivity index (χ0) is 10.7. The van der Waals surface area contributed by atoms with Gasteiger partial charge in [-0.2, -0.15) is 0 Å². The van der Waals surface area contributed by atoms with Crippen LogP contribution in [-0.2, 0) is 6.42 Å². The summed E-state index contributed by atoms with van der Waals surface area (Å²) in [5, 5.41) is 0. The van der Waals surface area contributed by atoms with Gasteiger partial charge in [0.2, 0.25) is 6.79 Å². The molecule has 0 radical (unpaired) electrons. The number of nitrogens with zero attached hydrogens (tertiary/aromatic N) is 1. The summed E-state index contributed by atoms with van der Waals surface area (Å²) in [6, 6.07) is 6.06. The number of fused-ring (bicyclic) bond motifs is 1. The molecule has 0 atom stereocenters. The Morgan fingerprint density at radius 1 is 1.33 bits per heavy atom. The first kappa shape index (κ1) is 10.3. The van der Waals surface area contributed by atoms with E-state index < -0.39 is 0 Å². The molecule has 0 spiro atoms. The minimum Gasteiger partial charge on any atom is -0.454 e. The molecule has 0 saturated carbocycles. The van der Waals surface area contributed by atoms with Crippen LogP contribution in [0.5, 0.6) is 11.5 Å². The number of hydrogen-bond donors (Lipinski definition) is 1. The standard InChI is InChI=1S/C11H16N2O2/c1-13(7-12)5-4-9-2-3-10-11(6-9)15-8-14-10/h2-3,6H,4-5,7-8,12H2,1H3. The molecule has 1 aliphatic heterocycles. The van der Waals surface area contributed by atoms with Crippen LogP contribution >= 0.6 is 0 Å². The van der Waals surface area contributed by atoms with Gasteiger partial charge < -0.3 is 15.2 Å². The zero-order valence-electron chi connectivity index (χ0n) is 8.90. The van der Waals surface area contributed by atoms with Crippen LogP contribution in [0.2, 0.25) is 0 Å². The average Bonchev–Trinajstić information content (AvgIpc) is 2.72. The molecule has 4 nitrogen and oxygen atoms in total. The number of likely N-dealkylation sites (N-methyl/N-ethyl adjacent to an activating group) is 1. The molecule has 82 valence electrons. The van der Waals surface area contributed by atoms with Crippen LogP contribution in [0.3, 0.4) is 0 Å². The van der Waals surface area contributed by atoms with Crippen molar-refractivity contribution in [3.8, 4) is 11.5 Å². The van der Waals surface area contributed by atoms with Gasteiger partial charge >= 0.3 is 0 Å². The molecule has 0 saturated heterocycles. The van der Waals surface area contributed by atoms with E-state index in [4.69, 9.17) is 15.2 Å². The van der Waals surface area contributed by atoms with Crippen LogP contribution in [0.1, 0.15) is 5.56 Å². The van der Waals surface area contributed by atoms with E-state index >= 15 is 0 Å². The van der Waals surface area contributed by atoms with Gasteiger partial charge in [0.05, 0.1) is 0 Å². The molecule has 1 heterocycles. The van der Waals surface area contributed by atoms with Gasteiger partial charge in [-0.3, -0.25) is 4.90 Å². The Hall–Kier alpha value is -1.26. The summed E-state index contributed by atoms with van der Waals surface area (Å²) in [5.41, 5.74) is 6.76. The third-order valence-corrected chi connectivity index (χ3v) is 2.53. The fourth-order valence-corrected chi connectivity index (χ4v) is 1.51. The van der Waals surface area contributed by atoms with Gasteiger partial charge in [-0.25, -0.2) is 0 Å². The van der Waals surface area contributed by atoms with Gasteiger partial charge in [0.15, 0.2) is 11.5 Å². The molecule has 1 aromatic rings. The predicted octanol–water partition coefficient (Wildman–Crippen LogP) is 0.806. The van der Waals surface area contributed by atoms with Gasteiger partial charge in [0, 0.05) is 13.2 Å². The molecule has 1 aromatic carbocycles. The van der Waals surface area contributed by atoms with Crippen LogP contribution in [0, 0.1) is 0 Å². The summed E-state index contributed by atoms with van der Waals surface area (Å²) >= 11 is 0. The number of ether oxygens (including phenoxy) is 2. The van der Waals surface area contributed by atoms with E-state index in [1.165, 1.54) is 5.56 Å². The molecular weight excluding hydrogens is 192 g/mol. The molecule has 0 aromatic heterocycles. The molecule has 0 bridgehead atoms. The van der Waals surface area contributed by atoms with Crippen LogP contribution in [-0.4, -0.2) is 32.0 Å². The van der Waals surface area contributed by atoms with Crippen LogP contribution in [0.15, 0.2) is 18.2 Å². The van der Waals surface area contributed by atoms with E-state index in [0.29, 0.717) is 13.5 Å². The summed E-state index contributed by atoms with van der Waals surface area (Å²) in [7, 11) is 2.01. The summed E-state index contributed by atoms with van der Waals surface area (Å²) in [4.78, 5) is 2.07. The maximum absolute atomic E-state index is 5.51. The average molecular weight is 208 g/mol. The lowest BCUT2D eigenvalue weighted by Gasteiger charge is -2.13. The third kappa shape index (κ3) is 2.40. The fourth-order valence-electron chi connectivity index (χ4n) is 1.51. The Morgan fingerprint density at radius 2 is 2.13 bits per heavy atom. The quantitative estimate of drug-likeness (QED) is 0.744. The highest BCUT2D eigenvalue weighted by molar-refractivity contribution is 5.44. The molecule has 0 amide bonds. The second-order valence-corrected chi connectivity index (χ2v) is 3.70. The molecule has 0 unspecified atom stereocenters. The van der Waals surface area contributed by atoms with Crippen molar-refractivity contribution in [2.45, 2.75) is 6.42 Å². The Kier molecular flexibility index (Phi) is 3.08. The van der Waals surface area contributed by atoms with E-state index in [1.54, 1.807) is 0 Å². The van der Waals surface area contributed by atoms with Crippen molar-refractivity contribution in [2.24, 2.45) is 5.73 Å². The summed E-state index contributed by atoms with van der Waals surface area (Å²) in [6.45, 7) is 1.88. The third-order valence-electron chi connectivity index (χ3n) is 2.53. The van der Waals surface area contributed by atoms with E-state index in [9.17, 15) is 0 Å². The van der Waals surface area contributed by atoms with Crippen molar-refractivity contribution in [3.63, 3.8) is 0 Å². The van der Waals surface area contributed by atoms with E-state index in [-0.39, 0.29) is 0 Å². The monoisotopic (exact) mass is 208 g/mol. The van der Waals surface area contributed by atoms with Gasteiger partial charge in [-0.05, 0) is 31.2 Å². The van der Waals surface area contributed by atoms with Crippen molar-refractivity contribution >= 4 is 0 Å². The Balaban J connectivity index is 1.98. The first-order valence-electron chi connectivity index (χ1n) is 5.07. The van der Waals surface area contributed by atoms with Crippen molar-refractivity contribution < 1.29 is 9.47 Å². The normalized spacial score (nSPS) is 13.5. The van der Waals surface area contributed by atoms with Crippen molar-refractivity contribution in [3.05, 3.63) is 23.8 Å². The Morgan fingerprint density at radius 3 is 2.93 bits per heavy atom.